The van der Waals surface area contributed by atoms with Gasteiger partial charge in [-0.3, -0.25) is 9.69 Å². The Bertz CT molecular complexity index is 291. The van der Waals surface area contributed by atoms with E-state index in [1.165, 1.54) is 0 Å². The quantitative estimate of drug-likeness (QED) is 0.702. The Morgan fingerprint density at radius 3 is 2.44 bits per heavy atom. The second-order valence-corrected chi connectivity index (χ2v) is 4.96. The highest BCUT2D eigenvalue weighted by molar-refractivity contribution is 7.80. The van der Waals surface area contributed by atoms with Gasteiger partial charge in [-0.05, 0) is 6.42 Å². The summed E-state index contributed by atoms with van der Waals surface area (Å²) < 4.78 is 4.92. The lowest BCUT2D eigenvalue weighted by Gasteiger charge is -2.38. The molecular formula is C12H23N3O2S. The van der Waals surface area contributed by atoms with Crippen molar-refractivity contribution in [3.63, 3.8) is 0 Å². The molecular weight excluding hydrogens is 250 g/mol. The Balaban J connectivity index is 2.40. The van der Waals surface area contributed by atoms with Gasteiger partial charge in [0.1, 0.15) is 0 Å². The van der Waals surface area contributed by atoms with Crippen LogP contribution in [0.2, 0.25) is 0 Å². The maximum Gasteiger partial charge on any atom is 0.224 e. The zero-order chi connectivity index (χ0) is 13.5. The van der Waals surface area contributed by atoms with Gasteiger partial charge in [0, 0.05) is 33.3 Å². The Labute approximate surface area is 114 Å². The van der Waals surface area contributed by atoms with E-state index in [0.717, 1.165) is 32.6 Å². The van der Waals surface area contributed by atoms with Gasteiger partial charge in [-0.1, -0.05) is 19.1 Å². The summed E-state index contributed by atoms with van der Waals surface area (Å²) in [6.07, 6.45) is 1.38. The number of methoxy groups -OCH3 is 1. The molecule has 1 aliphatic rings. The maximum absolute atomic E-state index is 11.8. The number of hydrogen-bond donors (Lipinski definition) is 1. The van der Waals surface area contributed by atoms with Gasteiger partial charge < -0.3 is 15.4 Å². The molecule has 1 saturated heterocycles. The lowest BCUT2D eigenvalue weighted by atomic mass is 10.1. The molecule has 1 fully saturated rings. The molecule has 0 aliphatic carbocycles. The monoisotopic (exact) mass is 273 g/mol. The van der Waals surface area contributed by atoms with Crippen molar-refractivity contribution in [2.75, 3.05) is 39.9 Å². The van der Waals surface area contributed by atoms with Crippen molar-refractivity contribution in [1.82, 2.24) is 9.80 Å². The topological polar surface area (TPSA) is 58.8 Å². The summed E-state index contributed by atoms with van der Waals surface area (Å²) in [4.78, 5) is 16.5. The molecule has 1 unspecified atom stereocenters. The molecule has 18 heavy (non-hydrogen) atoms. The zero-order valence-electron chi connectivity index (χ0n) is 11.2. The molecule has 2 N–H and O–H groups in total. The Morgan fingerprint density at radius 2 is 2.00 bits per heavy atom. The van der Waals surface area contributed by atoms with Crippen LogP contribution in [0.3, 0.4) is 0 Å². The van der Waals surface area contributed by atoms with Crippen molar-refractivity contribution in [2.45, 2.75) is 25.8 Å². The van der Waals surface area contributed by atoms with Crippen LogP contribution in [-0.2, 0) is 9.53 Å². The van der Waals surface area contributed by atoms with Crippen LogP contribution in [0.5, 0.6) is 0 Å². The second-order valence-electron chi connectivity index (χ2n) is 4.49. The summed E-state index contributed by atoms with van der Waals surface area (Å²) in [6, 6.07) is 0.163. The van der Waals surface area contributed by atoms with Crippen LogP contribution in [0, 0.1) is 0 Å². The van der Waals surface area contributed by atoms with E-state index >= 15 is 0 Å². The average molecular weight is 273 g/mol. The third-order valence-corrected chi connectivity index (χ3v) is 3.61. The van der Waals surface area contributed by atoms with Crippen molar-refractivity contribution in [3.05, 3.63) is 0 Å². The highest BCUT2D eigenvalue weighted by Gasteiger charge is 2.26. The number of nitrogens with two attached hydrogens (primary N) is 1. The lowest BCUT2D eigenvalue weighted by Crippen LogP contribution is -2.54. The van der Waals surface area contributed by atoms with Gasteiger partial charge >= 0.3 is 0 Å². The molecule has 6 heteroatoms. The SMILES string of the molecule is CCC(C(N)=S)N1CCN(C(=O)CCOC)CC1. The number of nitrogens with zero attached hydrogens (tertiary/aromatic N) is 2. The van der Waals surface area contributed by atoms with Crippen LogP contribution < -0.4 is 5.73 Å². The fourth-order valence-electron chi connectivity index (χ4n) is 2.27. The number of thiocarbonyl (C=S) groups is 1. The summed E-state index contributed by atoms with van der Waals surface area (Å²) in [5.41, 5.74) is 5.73. The summed E-state index contributed by atoms with van der Waals surface area (Å²) >= 11 is 5.07. The standard InChI is InChI=1S/C12H23N3O2S/c1-3-10(12(13)18)14-5-7-15(8-6-14)11(16)4-9-17-2/h10H,3-9H2,1-2H3,(H2,13,18). The minimum atomic E-state index is 0.163. The van der Waals surface area contributed by atoms with Gasteiger partial charge in [0.2, 0.25) is 5.91 Å². The number of carbonyl (C=O) groups is 1. The summed E-state index contributed by atoms with van der Waals surface area (Å²) in [6.45, 7) is 5.76. The molecule has 5 nitrogen and oxygen atoms in total. The predicted molar refractivity (Wildman–Crippen MR) is 75.5 cm³/mol. The Morgan fingerprint density at radius 1 is 1.39 bits per heavy atom. The van der Waals surface area contributed by atoms with Gasteiger partial charge in [0.05, 0.1) is 24.1 Å². The molecule has 1 amide bonds. The minimum absolute atomic E-state index is 0.163. The molecule has 104 valence electrons. The van der Waals surface area contributed by atoms with Crippen LogP contribution in [0.1, 0.15) is 19.8 Å². The molecule has 0 aromatic heterocycles. The van der Waals surface area contributed by atoms with E-state index in [4.69, 9.17) is 22.7 Å². The molecule has 0 spiro atoms. The van der Waals surface area contributed by atoms with Gasteiger partial charge in [0.25, 0.3) is 0 Å². The molecule has 0 aromatic rings. The predicted octanol–water partition coefficient (Wildman–Crippen LogP) is 0.232. The van der Waals surface area contributed by atoms with Crippen LogP contribution in [0.15, 0.2) is 0 Å². The minimum Gasteiger partial charge on any atom is -0.392 e. The number of piperazine rings is 1. The van der Waals surface area contributed by atoms with Gasteiger partial charge in [0.15, 0.2) is 0 Å². The van der Waals surface area contributed by atoms with Crippen molar-refractivity contribution < 1.29 is 9.53 Å². The first-order chi connectivity index (χ1) is 8.60. The molecule has 0 saturated carbocycles. The normalized spacial score (nSPS) is 18.7. The molecule has 1 aliphatic heterocycles. The van der Waals surface area contributed by atoms with Gasteiger partial charge in [-0.25, -0.2) is 0 Å². The van der Waals surface area contributed by atoms with Crippen LogP contribution in [0.25, 0.3) is 0 Å². The van der Waals surface area contributed by atoms with Gasteiger partial charge in [-0.2, -0.15) is 0 Å². The summed E-state index contributed by atoms with van der Waals surface area (Å²) in [7, 11) is 1.61. The van der Waals surface area contributed by atoms with Crippen molar-refractivity contribution in [1.29, 1.82) is 0 Å². The van der Waals surface area contributed by atoms with E-state index in [-0.39, 0.29) is 11.9 Å². The van der Waals surface area contributed by atoms with E-state index in [9.17, 15) is 4.79 Å². The molecule has 1 rings (SSSR count). The van der Waals surface area contributed by atoms with E-state index in [2.05, 4.69) is 11.8 Å². The van der Waals surface area contributed by atoms with E-state index in [1.807, 2.05) is 4.90 Å². The van der Waals surface area contributed by atoms with Crippen molar-refractivity contribution in [2.24, 2.45) is 5.73 Å². The van der Waals surface area contributed by atoms with Gasteiger partial charge in [-0.15, -0.1) is 0 Å². The largest absolute Gasteiger partial charge is 0.392 e. The Hall–Kier alpha value is -0.720. The first-order valence-electron chi connectivity index (χ1n) is 6.40. The maximum atomic E-state index is 11.8. The molecule has 1 atom stereocenters. The van der Waals surface area contributed by atoms with Crippen LogP contribution in [0.4, 0.5) is 0 Å². The highest BCUT2D eigenvalue weighted by atomic mass is 32.1. The number of carbonyl (C=O) groups excluding carboxylic acids is 1. The Kier molecular flexibility index (Phi) is 6.52. The molecule has 1 heterocycles. The number of hydrogen-bond acceptors (Lipinski definition) is 4. The molecule has 0 bridgehead atoms. The highest BCUT2D eigenvalue weighted by Crippen LogP contribution is 2.10. The third kappa shape index (κ3) is 4.19. The smallest absolute Gasteiger partial charge is 0.224 e. The zero-order valence-corrected chi connectivity index (χ0v) is 12.0. The molecule has 0 radical (unpaired) electrons. The molecule has 0 aromatic carbocycles. The number of rotatable bonds is 6. The number of ether oxygens (including phenoxy) is 1. The fourth-order valence-corrected chi connectivity index (χ4v) is 2.59. The lowest BCUT2D eigenvalue weighted by molar-refractivity contribution is -0.134. The fraction of sp³-hybridized carbons (Fsp3) is 0.833. The average Bonchev–Trinajstić information content (AvgIpc) is 2.37. The second kappa shape index (κ2) is 7.66. The first kappa shape index (κ1) is 15.3. The first-order valence-corrected chi connectivity index (χ1v) is 6.81. The van der Waals surface area contributed by atoms with E-state index < -0.39 is 0 Å². The van der Waals surface area contributed by atoms with Crippen molar-refractivity contribution >= 4 is 23.1 Å². The van der Waals surface area contributed by atoms with Crippen LogP contribution in [-0.4, -0.2) is 66.6 Å². The summed E-state index contributed by atoms with van der Waals surface area (Å²) in [5.74, 6) is 0.167. The summed E-state index contributed by atoms with van der Waals surface area (Å²) in [5, 5.41) is 0. The van der Waals surface area contributed by atoms with Crippen molar-refractivity contribution in [3.8, 4) is 0 Å². The third-order valence-electron chi connectivity index (χ3n) is 3.34. The van der Waals surface area contributed by atoms with Crippen LogP contribution >= 0.6 is 12.2 Å². The van der Waals surface area contributed by atoms with E-state index in [0.29, 0.717) is 18.0 Å². The van der Waals surface area contributed by atoms with E-state index in [1.54, 1.807) is 7.11 Å². The number of amides is 1.